The highest BCUT2D eigenvalue weighted by atomic mass is 16.3. The first kappa shape index (κ1) is 14.8. The SMILES string of the molecule is CC(C)(C)c1cn(-c2ccc(C[C@H](N)CO)cc2)cn1. The zero-order valence-corrected chi connectivity index (χ0v) is 12.4. The van der Waals surface area contributed by atoms with Gasteiger partial charge in [0.2, 0.25) is 0 Å². The van der Waals surface area contributed by atoms with E-state index in [1.807, 2.05) is 35.2 Å². The summed E-state index contributed by atoms with van der Waals surface area (Å²) in [5.41, 5.74) is 9.08. The van der Waals surface area contributed by atoms with Crippen LogP contribution in [0.5, 0.6) is 0 Å². The second-order valence-corrected chi connectivity index (χ2v) is 6.23. The highest BCUT2D eigenvalue weighted by Gasteiger charge is 2.16. The molecule has 1 aromatic carbocycles. The fourth-order valence-corrected chi connectivity index (χ4v) is 2.02. The van der Waals surface area contributed by atoms with Gasteiger partial charge in [0.15, 0.2) is 0 Å². The molecule has 0 saturated heterocycles. The molecule has 2 aromatic rings. The zero-order valence-electron chi connectivity index (χ0n) is 12.4. The first-order valence-corrected chi connectivity index (χ1v) is 6.90. The Labute approximate surface area is 120 Å². The summed E-state index contributed by atoms with van der Waals surface area (Å²) in [6, 6.07) is 7.99. The lowest BCUT2D eigenvalue weighted by molar-refractivity contribution is 0.265. The van der Waals surface area contributed by atoms with E-state index in [9.17, 15) is 0 Å². The Morgan fingerprint density at radius 1 is 1.25 bits per heavy atom. The van der Waals surface area contributed by atoms with Crippen LogP contribution in [-0.4, -0.2) is 27.3 Å². The highest BCUT2D eigenvalue weighted by Crippen LogP contribution is 2.21. The van der Waals surface area contributed by atoms with Crippen LogP contribution in [0.4, 0.5) is 0 Å². The van der Waals surface area contributed by atoms with Crippen LogP contribution in [0.25, 0.3) is 5.69 Å². The van der Waals surface area contributed by atoms with Crippen molar-refractivity contribution < 1.29 is 5.11 Å². The fourth-order valence-electron chi connectivity index (χ4n) is 2.02. The molecular weight excluding hydrogens is 250 g/mol. The van der Waals surface area contributed by atoms with E-state index >= 15 is 0 Å². The summed E-state index contributed by atoms with van der Waals surface area (Å²) in [7, 11) is 0. The first-order chi connectivity index (χ1) is 9.40. The monoisotopic (exact) mass is 273 g/mol. The molecule has 0 aliphatic heterocycles. The topological polar surface area (TPSA) is 64.1 Å². The van der Waals surface area contributed by atoms with E-state index in [1.165, 1.54) is 0 Å². The molecule has 4 heteroatoms. The van der Waals surface area contributed by atoms with E-state index in [0.29, 0.717) is 6.42 Å². The Balaban J connectivity index is 2.16. The maximum Gasteiger partial charge on any atom is 0.0995 e. The molecule has 4 nitrogen and oxygen atoms in total. The fraction of sp³-hybridized carbons (Fsp3) is 0.438. The standard InChI is InChI=1S/C16H23N3O/c1-16(2,3)15-9-19(11-18-15)14-6-4-12(5-7-14)8-13(17)10-20/h4-7,9,11,13,20H,8,10,17H2,1-3H3/t13-/m0/s1. The number of aliphatic hydroxyl groups excluding tert-OH is 1. The van der Waals surface area contributed by atoms with Gasteiger partial charge in [-0.3, -0.25) is 0 Å². The molecule has 2 rings (SSSR count). The van der Waals surface area contributed by atoms with Crippen LogP contribution >= 0.6 is 0 Å². The lowest BCUT2D eigenvalue weighted by Crippen LogP contribution is -2.26. The van der Waals surface area contributed by atoms with Gasteiger partial charge in [-0.1, -0.05) is 32.9 Å². The van der Waals surface area contributed by atoms with Gasteiger partial charge in [0.25, 0.3) is 0 Å². The summed E-state index contributed by atoms with van der Waals surface area (Å²) in [4.78, 5) is 4.46. The molecule has 1 heterocycles. The molecule has 0 radical (unpaired) electrons. The molecule has 0 aliphatic carbocycles. The number of imidazole rings is 1. The number of hydrogen-bond acceptors (Lipinski definition) is 3. The Bertz CT molecular complexity index is 552. The van der Waals surface area contributed by atoms with Crippen molar-refractivity contribution >= 4 is 0 Å². The smallest absolute Gasteiger partial charge is 0.0995 e. The van der Waals surface area contributed by atoms with Gasteiger partial charge in [-0.25, -0.2) is 4.98 Å². The van der Waals surface area contributed by atoms with Crippen molar-refractivity contribution in [1.82, 2.24) is 9.55 Å². The molecular formula is C16H23N3O. The van der Waals surface area contributed by atoms with Crippen molar-refractivity contribution in [2.45, 2.75) is 38.6 Å². The van der Waals surface area contributed by atoms with E-state index < -0.39 is 0 Å². The van der Waals surface area contributed by atoms with E-state index in [4.69, 9.17) is 10.8 Å². The lowest BCUT2D eigenvalue weighted by atomic mass is 9.93. The maximum atomic E-state index is 8.97. The van der Waals surface area contributed by atoms with Crippen LogP contribution < -0.4 is 5.73 Å². The number of nitrogens with two attached hydrogens (primary N) is 1. The molecule has 20 heavy (non-hydrogen) atoms. The van der Waals surface area contributed by atoms with Gasteiger partial charge in [0, 0.05) is 23.3 Å². The van der Waals surface area contributed by atoms with E-state index in [1.54, 1.807) is 0 Å². The Morgan fingerprint density at radius 2 is 1.90 bits per heavy atom. The maximum absolute atomic E-state index is 8.97. The van der Waals surface area contributed by atoms with Gasteiger partial charge >= 0.3 is 0 Å². The summed E-state index contributed by atoms with van der Waals surface area (Å²) in [5.74, 6) is 0. The number of rotatable bonds is 4. The van der Waals surface area contributed by atoms with Crippen molar-refractivity contribution in [3.05, 3.63) is 48.0 Å². The van der Waals surface area contributed by atoms with Gasteiger partial charge in [-0.05, 0) is 24.1 Å². The summed E-state index contributed by atoms with van der Waals surface area (Å²) in [6.07, 6.45) is 4.59. The normalized spacial score (nSPS) is 13.4. The van der Waals surface area contributed by atoms with Crippen LogP contribution in [0.2, 0.25) is 0 Å². The van der Waals surface area contributed by atoms with Crippen LogP contribution in [0.3, 0.4) is 0 Å². The first-order valence-electron chi connectivity index (χ1n) is 6.90. The van der Waals surface area contributed by atoms with Gasteiger partial charge in [0.1, 0.15) is 0 Å². The molecule has 0 spiro atoms. The number of aromatic nitrogens is 2. The predicted molar refractivity (Wildman–Crippen MR) is 81.0 cm³/mol. The Kier molecular flexibility index (Phi) is 4.26. The number of aliphatic hydroxyl groups is 1. The largest absolute Gasteiger partial charge is 0.395 e. The third-order valence-electron chi connectivity index (χ3n) is 3.32. The number of nitrogens with zero attached hydrogens (tertiary/aromatic N) is 2. The van der Waals surface area contributed by atoms with Crippen molar-refractivity contribution in [3.8, 4) is 5.69 Å². The van der Waals surface area contributed by atoms with Crippen LogP contribution in [0, 0.1) is 0 Å². The van der Waals surface area contributed by atoms with Gasteiger partial charge in [-0.15, -0.1) is 0 Å². The predicted octanol–water partition coefficient (Wildman–Crippen LogP) is 2.03. The minimum absolute atomic E-state index is 0.0121. The molecule has 3 N–H and O–H groups in total. The quantitative estimate of drug-likeness (QED) is 0.896. The minimum atomic E-state index is -0.193. The van der Waals surface area contributed by atoms with Crippen molar-refractivity contribution in [3.63, 3.8) is 0 Å². The van der Waals surface area contributed by atoms with E-state index in [0.717, 1.165) is 16.9 Å². The van der Waals surface area contributed by atoms with Gasteiger partial charge < -0.3 is 15.4 Å². The van der Waals surface area contributed by atoms with E-state index in [-0.39, 0.29) is 18.1 Å². The van der Waals surface area contributed by atoms with Crippen molar-refractivity contribution in [1.29, 1.82) is 0 Å². The molecule has 0 aliphatic rings. The number of hydrogen-bond donors (Lipinski definition) is 2. The van der Waals surface area contributed by atoms with Crippen LogP contribution in [0.15, 0.2) is 36.8 Å². The molecule has 0 unspecified atom stereocenters. The molecule has 1 atom stereocenters. The van der Waals surface area contributed by atoms with Gasteiger partial charge in [0.05, 0.1) is 18.6 Å². The third kappa shape index (κ3) is 3.46. The van der Waals surface area contributed by atoms with Crippen LogP contribution in [0.1, 0.15) is 32.0 Å². The molecule has 1 aromatic heterocycles. The minimum Gasteiger partial charge on any atom is -0.395 e. The lowest BCUT2D eigenvalue weighted by Gasteiger charge is -2.14. The average molecular weight is 273 g/mol. The molecule has 108 valence electrons. The van der Waals surface area contributed by atoms with Crippen molar-refractivity contribution in [2.24, 2.45) is 5.73 Å². The molecule has 0 bridgehead atoms. The second kappa shape index (κ2) is 5.77. The van der Waals surface area contributed by atoms with Crippen LogP contribution in [-0.2, 0) is 11.8 Å². The summed E-state index contributed by atoms with van der Waals surface area (Å²) in [5, 5.41) is 8.97. The third-order valence-corrected chi connectivity index (χ3v) is 3.32. The Morgan fingerprint density at radius 3 is 2.40 bits per heavy atom. The average Bonchev–Trinajstić information content (AvgIpc) is 2.89. The molecule has 0 amide bonds. The Hall–Kier alpha value is -1.65. The summed E-state index contributed by atoms with van der Waals surface area (Å²) in [6.45, 7) is 6.47. The summed E-state index contributed by atoms with van der Waals surface area (Å²) < 4.78 is 2.02. The summed E-state index contributed by atoms with van der Waals surface area (Å²) >= 11 is 0. The molecule has 0 saturated carbocycles. The highest BCUT2D eigenvalue weighted by molar-refractivity contribution is 5.35. The van der Waals surface area contributed by atoms with E-state index in [2.05, 4.69) is 32.0 Å². The van der Waals surface area contributed by atoms with Gasteiger partial charge in [-0.2, -0.15) is 0 Å². The van der Waals surface area contributed by atoms with Crippen molar-refractivity contribution in [2.75, 3.05) is 6.61 Å². The zero-order chi connectivity index (χ0) is 14.8. The molecule has 0 fully saturated rings. The number of benzene rings is 1. The second-order valence-electron chi connectivity index (χ2n) is 6.23.